The topological polar surface area (TPSA) is 56.1 Å². The van der Waals surface area contributed by atoms with E-state index in [0.717, 1.165) is 12.8 Å². The summed E-state index contributed by atoms with van der Waals surface area (Å²) >= 11 is 0. The maximum atomic E-state index is 11.5. The van der Waals surface area contributed by atoms with Crippen molar-refractivity contribution in [3.05, 3.63) is 12.7 Å². The molecule has 0 bridgehead atoms. The van der Waals surface area contributed by atoms with Gasteiger partial charge in [0.05, 0.1) is 6.07 Å². The van der Waals surface area contributed by atoms with E-state index in [0.29, 0.717) is 0 Å². The molecule has 1 amide bonds. The summed E-state index contributed by atoms with van der Waals surface area (Å²) in [6.45, 7) is 11.6. The Labute approximate surface area is 103 Å². The van der Waals surface area contributed by atoms with Gasteiger partial charge in [-0.3, -0.25) is 10.2 Å². The van der Waals surface area contributed by atoms with Gasteiger partial charge in [-0.05, 0) is 46.6 Å². The summed E-state index contributed by atoms with van der Waals surface area (Å²) in [6, 6.07) is 2.34. The second-order valence-corrected chi connectivity index (χ2v) is 5.87. The standard InChI is InChI=1S/C13H21N3O/c1-6-11(17)15-16-12(2,3)7-10(9-14)8-13(16,4)5/h6,10H,1,7-8H2,2-5H3,(H,15,17). The second-order valence-electron chi connectivity index (χ2n) is 5.87. The predicted molar refractivity (Wildman–Crippen MR) is 66.7 cm³/mol. The highest BCUT2D eigenvalue weighted by Gasteiger charge is 2.46. The average Bonchev–Trinajstić information content (AvgIpc) is 2.21. The van der Waals surface area contributed by atoms with Gasteiger partial charge in [-0.1, -0.05) is 6.58 Å². The Balaban J connectivity index is 2.97. The van der Waals surface area contributed by atoms with Gasteiger partial charge in [-0.2, -0.15) is 5.26 Å². The van der Waals surface area contributed by atoms with Crippen molar-refractivity contribution in [3.63, 3.8) is 0 Å². The highest BCUT2D eigenvalue weighted by molar-refractivity contribution is 5.86. The fraction of sp³-hybridized carbons (Fsp3) is 0.692. The normalized spacial score (nSPS) is 23.7. The first-order valence-corrected chi connectivity index (χ1v) is 5.86. The van der Waals surface area contributed by atoms with Gasteiger partial charge in [0, 0.05) is 17.0 Å². The molecule has 94 valence electrons. The number of rotatable bonds is 2. The molecule has 0 aromatic rings. The molecule has 4 nitrogen and oxygen atoms in total. The fourth-order valence-corrected chi connectivity index (χ4v) is 2.83. The molecule has 0 aliphatic carbocycles. The maximum absolute atomic E-state index is 11.5. The molecule has 1 saturated heterocycles. The third-order valence-corrected chi connectivity index (χ3v) is 3.29. The zero-order valence-electron chi connectivity index (χ0n) is 11.1. The van der Waals surface area contributed by atoms with Gasteiger partial charge in [-0.25, -0.2) is 5.01 Å². The minimum Gasteiger partial charge on any atom is -0.284 e. The number of carbonyl (C=O) groups excluding carboxylic acids is 1. The molecule has 17 heavy (non-hydrogen) atoms. The van der Waals surface area contributed by atoms with Crippen molar-refractivity contribution >= 4 is 5.91 Å². The SMILES string of the molecule is C=CC(=O)NN1C(C)(C)CC(C#N)CC1(C)C. The summed E-state index contributed by atoms with van der Waals surface area (Å²) in [7, 11) is 0. The zero-order chi connectivity index (χ0) is 13.3. The molecule has 4 heteroatoms. The molecule has 0 aromatic heterocycles. The van der Waals surface area contributed by atoms with Crippen LogP contribution in [-0.2, 0) is 4.79 Å². The van der Waals surface area contributed by atoms with Crippen molar-refractivity contribution in [2.24, 2.45) is 5.92 Å². The van der Waals surface area contributed by atoms with E-state index in [1.807, 2.05) is 32.7 Å². The van der Waals surface area contributed by atoms with Crippen LogP contribution >= 0.6 is 0 Å². The molecular weight excluding hydrogens is 214 g/mol. The Morgan fingerprint density at radius 1 is 1.41 bits per heavy atom. The van der Waals surface area contributed by atoms with Crippen LogP contribution in [0.25, 0.3) is 0 Å². The number of carbonyl (C=O) groups is 1. The van der Waals surface area contributed by atoms with Crippen molar-refractivity contribution in [1.29, 1.82) is 5.26 Å². The summed E-state index contributed by atoms with van der Waals surface area (Å²) in [5.41, 5.74) is 2.39. The number of amides is 1. The van der Waals surface area contributed by atoms with Gasteiger partial charge < -0.3 is 0 Å². The van der Waals surface area contributed by atoms with Crippen molar-refractivity contribution in [2.45, 2.75) is 51.6 Å². The number of nitriles is 1. The smallest absolute Gasteiger partial charge is 0.257 e. The molecule has 1 fully saturated rings. The van der Waals surface area contributed by atoms with Crippen LogP contribution in [0.4, 0.5) is 0 Å². The van der Waals surface area contributed by atoms with E-state index in [9.17, 15) is 4.79 Å². The molecule has 1 N–H and O–H groups in total. The van der Waals surface area contributed by atoms with E-state index in [-0.39, 0.29) is 22.9 Å². The van der Waals surface area contributed by atoms with E-state index in [1.165, 1.54) is 6.08 Å². The Kier molecular flexibility index (Phi) is 3.63. The molecule has 0 atom stereocenters. The monoisotopic (exact) mass is 235 g/mol. The molecule has 0 unspecified atom stereocenters. The van der Waals surface area contributed by atoms with Crippen LogP contribution in [0.3, 0.4) is 0 Å². The minimum atomic E-state index is -0.235. The lowest BCUT2D eigenvalue weighted by molar-refractivity contribution is -0.136. The number of piperidine rings is 1. The van der Waals surface area contributed by atoms with E-state index < -0.39 is 0 Å². The molecule has 0 radical (unpaired) electrons. The van der Waals surface area contributed by atoms with Crippen molar-refractivity contribution in [1.82, 2.24) is 10.4 Å². The predicted octanol–water partition coefficient (Wildman–Crippen LogP) is 2.00. The number of nitrogens with zero attached hydrogens (tertiary/aromatic N) is 2. The van der Waals surface area contributed by atoms with Gasteiger partial charge in [0.25, 0.3) is 5.91 Å². The van der Waals surface area contributed by atoms with Crippen LogP contribution in [0.15, 0.2) is 12.7 Å². The fourth-order valence-electron chi connectivity index (χ4n) is 2.83. The highest BCUT2D eigenvalue weighted by Crippen LogP contribution is 2.39. The van der Waals surface area contributed by atoms with Crippen molar-refractivity contribution in [2.75, 3.05) is 0 Å². The van der Waals surface area contributed by atoms with Gasteiger partial charge in [0.2, 0.25) is 0 Å². The van der Waals surface area contributed by atoms with Crippen LogP contribution in [0.5, 0.6) is 0 Å². The van der Waals surface area contributed by atoms with Crippen molar-refractivity contribution < 1.29 is 4.79 Å². The minimum absolute atomic E-state index is 0.0388. The molecule has 0 saturated carbocycles. The van der Waals surface area contributed by atoms with Crippen molar-refractivity contribution in [3.8, 4) is 6.07 Å². The third-order valence-electron chi connectivity index (χ3n) is 3.29. The van der Waals surface area contributed by atoms with Crippen LogP contribution in [0, 0.1) is 17.2 Å². The lowest BCUT2D eigenvalue weighted by atomic mass is 9.75. The molecule has 1 heterocycles. The summed E-state index contributed by atoms with van der Waals surface area (Å²) in [5, 5.41) is 11.1. The van der Waals surface area contributed by atoms with Crippen LogP contribution in [0.1, 0.15) is 40.5 Å². The molecule has 1 aliphatic rings. The molecule has 1 aliphatic heterocycles. The maximum Gasteiger partial charge on any atom is 0.257 e. The third kappa shape index (κ3) is 2.86. The summed E-state index contributed by atoms with van der Waals surface area (Å²) in [5.74, 6) is -0.168. The quantitative estimate of drug-likeness (QED) is 0.745. The molecule has 0 aromatic carbocycles. The van der Waals surface area contributed by atoms with Crippen LogP contribution in [0.2, 0.25) is 0 Å². The van der Waals surface area contributed by atoms with Gasteiger partial charge in [0.1, 0.15) is 0 Å². The highest BCUT2D eigenvalue weighted by atomic mass is 16.2. The number of hydrogen-bond donors (Lipinski definition) is 1. The van der Waals surface area contributed by atoms with E-state index in [1.54, 1.807) is 0 Å². The van der Waals surface area contributed by atoms with Crippen LogP contribution < -0.4 is 5.43 Å². The van der Waals surface area contributed by atoms with E-state index >= 15 is 0 Å². The summed E-state index contributed by atoms with van der Waals surface area (Å²) in [6.07, 6.45) is 2.78. The second kappa shape index (κ2) is 4.50. The first-order valence-electron chi connectivity index (χ1n) is 5.86. The first kappa shape index (κ1) is 13.7. The Morgan fingerprint density at radius 3 is 2.24 bits per heavy atom. The van der Waals surface area contributed by atoms with E-state index in [4.69, 9.17) is 5.26 Å². The zero-order valence-corrected chi connectivity index (χ0v) is 11.1. The Bertz CT molecular complexity index is 347. The first-order chi connectivity index (χ1) is 7.73. The summed E-state index contributed by atoms with van der Waals surface area (Å²) < 4.78 is 0. The number of hydrogen-bond acceptors (Lipinski definition) is 3. The molecule has 0 spiro atoms. The Morgan fingerprint density at radius 2 is 1.88 bits per heavy atom. The number of hydrazine groups is 1. The van der Waals surface area contributed by atoms with Gasteiger partial charge in [-0.15, -0.1) is 0 Å². The molecule has 1 rings (SSSR count). The largest absolute Gasteiger partial charge is 0.284 e. The average molecular weight is 235 g/mol. The van der Waals surface area contributed by atoms with E-state index in [2.05, 4.69) is 18.1 Å². The van der Waals surface area contributed by atoms with Gasteiger partial charge >= 0.3 is 0 Å². The summed E-state index contributed by atoms with van der Waals surface area (Å²) in [4.78, 5) is 11.5. The van der Waals surface area contributed by atoms with Gasteiger partial charge in [0.15, 0.2) is 0 Å². The Hall–Kier alpha value is -1.34. The lowest BCUT2D eigenvalue weighted by Gasteiger charge is -2.53. The lowest BCUT2D eigenvalue weighted by Crippen LogP contribution is -2.66. The number of nitrogens with one attached hydrogen (secondary N) is 1. The van der Waals surface area contributed by atoms with Crippen LogP contribution in [-0.4, -0.2) is 22.0 Å². The molecular formula is C13H21N3O.